The Labute approximate surface area is 168 Å². The number of aryl methyl sites for hydroxylation is 1. The Hall–Kier alpha value is -2.74. The first kappa shape index (κ1) is 20.0. The van der Waals surface area contributed by atoms with Gasteiger partial charge in [0, 0.05) is 23.4 Å². The van der Waals surface area contributed by atoms with Crippen molar-refractivity contribution in [1.82, 2.24) is 10.3 Å². The van der Waals surface area contributed by atoms with Crippen LogP contribution in [0.15, 0.2) is 57.6 Å². The summed E-state index contributed by atoms with van der Waals surface area (Å²) in [6.07, 6.45) is 1.79. The summed E-state index contributed by atoms with van der Waals surface area (Å²) in [6.45, 7) is 0.707. The lowest BCUT2D eigenvalue weighted by Gasteiger charge is -2.07. The van der Waals surface area contributed by atoms with E-state index >= 15 is 0 Å². The van der Waals surface area contributed by atoms with Crippen molar-refractivity contribution in [3.8, 4) is 17.1 Å². The number of hydrogen-bond donors (Lipinski definition) is 1. The molecule has 0 bridgehead atoms. The van der Waals surface area contributed by atoms with Crippen LogP contribution in [0, 0.1) is 11.6 Å². The number of amides is 1. The number of carbonyl (C=O) groups is 1. The monoisotopic (exact) mass is 450 g/mol. The maximum Gasteiger partial charge on any atom is 0.220 e. The third-order valence-electron chi connectivity index (χ3n) is 3.81. The van der Waals surface area contributed by atoms with Crippen molar-refractivity contribution in [1.29, 1.82) is 0 Å². The Bertz CT molecular complexity index is 962. The number of halogens is 3. The molecule has 2 aromatic carbocycles. The zero-order chi connectivity index (χ0) is 19.9. The van der Waals surface area contributed by atoms with E-state index in [1.54, 1.807) is 0 Å². The number of aromatic nitrogens is 1. The van der Waals surface area contributed by atoms with Crippen LogP contribution >= 0.6 is 15.9 Å². The molecule has 1 heterocycles. The lowest BCUT2D eigenvalue weighted by atomic mass is 10.2. The van der Waals surface area contributed by atoms with Crippen LogP contribution in [0.3, 0.4) is 0 Å². The molecule has 0 radical (unpaired) electrons. The average Bonchev–Trinajstić information content (AvgIpc) is 3.12. The van der Waals surface area contributed by atoms with Gasteiger partial charge in [0.1, 0.15) is 24.0 Å². The van der Waals surface area contributed by atoms with Crippen LogP contribution in [-0.2, 0) is 11.2 Å². The molecule has 8 heteroatoms. The highest BCUT2D eigenvalue weighted by atomic mass is 79.9. The summed E-state index contributed by atoms with van der Waals surface area (Å²) in [5.41, 5.74) is 0.120. The summed E-state index contributed by atoms with van der Waals surface area (Å²) in [5, 5.41) is 2.74. The Kier molecular flexibility index (Phi) is 6.76. The van der Waals surface area contributed by atoms with Gasteiger partial charge in [-0.2, -0.15) is 0 Å². The van der Waals surface area contributed by atoms with E-state index < -0.39 is 11.6 Å². The first-order valence-electron chi connectivity index (χ1n) is 8.56. The molecule has 28 heavy (non-hydrogen) atoms. The number of nitrogens with zero attached hydrogens (tertiary/aromatic N) is 1. The molecule has 0 atom stereocenters. The van der Waals surface area contributed by atoms with Gasteiger partial charge in [-0.1, -0.05) is 22.0 Å². The van der Waals surface area contributed by atoms with Gasteiger partial charge >= 0.3 is 0 Å². The number of rotatable bonds is 8. The average molecular weight is 451 g/mol. The Morgan fingerprint density at radius 1 is 1.21 bits per heavy atom. The molecule has 0 aliphatic carbocycles. The number of hydrogen-bond acceptors (Lipinski definition) is 4. The zero-order valence-corrected chi connectivity index (χ0v) is 16.3. The van der Waals surface area contributed by atoms with Crippen molar-refractivity contribution in [2.45, 2.75) is 12.8 Å². The smallest absolute Gasteiger partial charge is 0.220 e. The minimum Gasteiger partial charge on any atom is -0.492 e. The summed E-state index contributed by atoms with van der Waals surface area (Å²) in [4.78, 5) is 15.9. The first-order chi connectivity index (χ1) is 13.5. The predicted molar refractivity (Wildman–Crippen MR) is 103 cm³/mol. The van der Waals surface area contributed by atoms with Crippen molar-refractivity contribution in [2.24, 2.45) is 0 Å². The Morgan fingerprint density at radius 2 is 2.07 bits per heavy atom. The molecule has 3 rings (SSSR count). The number of ether oxygens (including phenoxy) is 1. The SMILES string of the molecule is O=C(CCc1ncc(-c2ccc(F)cc2F)o1)NCCOc1cccc(Br)c1. The summed E-state index contributed by atoms with van der Waals surface area (Å²) in [5.74, 6) is -0.364. The molecule has 0 fully saturated rings. The molecular weight excluding hydrogens is 434 g/mol. The van der Waals surface area contributed by atoms with Crippen molar-refractivity contribution in [3.63, 3.8) is 0 Å². The van der Waals surface area contributed by atoms with Crippen LogP contribution in [0.5, 0.6) is 5.75 Å². The molecule has 0 aliphatic heterocycles. The molecule has 0 spiro atoms. The van der Waals surface area contributed by atoms with Crippen LogP contribution in [0.25, 0.3) is 11.3 Å². The third kappa shape index (κ3) is 5.63. The molecule has 0 aliphatic rings. The van der Waals surface area contributed by atoms with Crippen molar-refractivity contribution in [2.75, 3.05) is 13.2 Å². The van der Waals surface area contributed by atoms with E-state index in [1.807, 2.05) is 24.3 Å². The van der Waals surface area contributed by atoms with Crippen LogP contribution in [0.1, 0.15) is 12.3 Å². The lowest BCUT2D eigenvalue weighted by molar-refractivity contribution is -0.121. The topological polar surface area (TPSA) is 64.4 Å². The highest BCUT2D eigenvalue weighted by Crippen LogP contribution is 2.24. The van der Waals surface area contributed by atoms with E-state index in [0.29, 0.717) is 24.8 Å². The molecule has 1 N–H and O–H groups in total. The van der Waals surface area contributed by atoms with Crippen LogP contribution < -0.4 is 10.1 Å². The molecule has 1 aromatic heterocycles. The Balaban J connectivity index is 1.42. The molecule has 0 saturated heterocycles. The fraction of sp³-hybridized carbons (Fsp3) is 0.200. The zero-order valence-electron chi connectivity index (χ0n) is 14.8. The Morgan fingerprint density at radius 3 is 2.86 bits per heavy atom. The third-order valence-corrected chi connectivity index (χ3v) is 4.30. The molecule has 146 valence electrons. The molecular formula is C20H17BrF2N2O3. The second kappa shape index (κ2) is 9.45. The minimum absolute atomic E-state index is 0.120. The second-order valence-electron chi connectivity index (χ2n) is 5.90. The fourth-order valence-electron chi connectivity index (χ4n) is 2.46. The van der Waals surface area contributed by atoms with Gasteiger partial charge < -0.3 is 14.5 Å². The lowest BCUT2D eigenvalue weighted by Crippen LogP contribution is -2.28. The van der Waals surface area contributed by atoms with Crippen LogP contribution in [-0.4, -0.2) is 24.0 Å². The van der Waals surface area contributed by atoms with Gasteiger partial charge in [0.05, 0.1) is 18.3 Å². The molecule has 5 nitrogen and oxygen atoms in total. The van der Waals surface area contributed by atoms with Gasteiger partial charge in [-0.05, 0) is 30.3 Å². The fourth-order valence-corrected chi connectivity index (χ4v) is 2.84. The van der Waals surface area contributed by atoms with E-state index in [9.17, 15) is 13.6 Å². The summed E-state index contributed by atoms with van der Waals surface area (Å²) in [6, 6.07) is 10.6. The van der Waals surface area contributed by atoms with E-state index in [0.717, 1.165) is 16.6 Å². The second-order valence-corrected chi connectivity index (χ2v) is 6.81. The highest BCUT2D eigenvalue weighted by Gasteiger charge is 2.13. The van der Waals surface area contributed by atoms with Gasteiger partial charge in [-0.25, -0.2) is 13.8 Å². The minimum atomic E-state index is -0.731. The predicted octanol–water partition coefficient (Wildman–Crippen LogP) is 4.51. The molecule has 0 saturated carbocycles. The van der Waals surface area contributed by atoms with E-state index in [1.165, 1.54) is 12.3 Å². The van der Waals surface area contributed by atoms with Gasteiger partial charge in [-0.3, -0.25) is 4.79 Å². The quantitative estimate of drug-likeness (QED) is 0.512. The standard InChI is InChI=1S/C20H17BrF2N2O3/c21-13-2-1-3-15(10-13)27-9-8-24-19(26)6-7-20-25-12-18(28-20)16-5-4-14(22)11-17(16)23/h1-5,10-12H,6-9H2,(H,24,26). The summed E-state index contributed by atoms with van der Waals surface area (Å²) >= 11 is 3.36. The van der Waals surface area contributed by atoms with Gasteiger partial charge in [0.15, 0.2) is 11.7 Å². The van der Waals surface area contributed by atoms with Crippen LogP contribution in [0.4, 0.5) is 8.78 Å². The van der Waals surface area contributed by atoms with Crippen LogP contribution in [0.2, 0.25) is 0 Å². The maximum absolute atomic E-state index is 13.8. The van der Waals surface area contributed by atoms with Gasteiger partial charge in [0.25, 0.3) is 0 Å². The first-order valence-corrected chi connectivity index (χ1v) is 9.36. The number of nitrogens with one attached hydrogen (secondary N) is 1. The highest BCUT2D eigenvalue weighted by molar-refractivity contribution is 9.10. The number of benzene rings is 2. The van der Waals surface area contributed by atoms with Crippen molar-refractivity contribution >= 4 is 21.8 Å². The summed E-state index contributed by atoms with van der Waals surface area (Å²) < 4.78 is 38.7. The van der Waals surface area contributed by atoms with E-state index in [2.05, 4.69) is 26.2 Å². The molecule has 0 unspecified atom stereocenters. The molecule has 1 amide bonds. The number of carbonyl (C=O) groups excluding carboxylic acids is 1. The van der Waals surface area contributed by atoms with E-state index in [4.69, 9.17) is 9.15 Å². The summed E-state index contributed by atoms with van der Waals surface area (Å²) in [7, 11) is 0. The van der Waals surface area contributed by atoms with E-state index in [-0.39, 0.29) is 30.1 Å². The van der Waals surface area contributed by atoms with Crippen molar-refractivity contribution < 1.29 is 22.7 Å². The van der Waals surface area contributed by atoms with Gasteiger partial charge in [0.2, 0.25) is 5.91 Å². The van der Waals surface area contributed by atoms with Gasteiger partial charge in [-0.15, -0.1) is 0 Å². The molecule has 3 aromatic rings. The number of oxazole rings is 1. The normalized spacial score (nSPS) is 10.7. The maximum atomic E-state index is 13.8. The largest absolute Gasteiger partial charge is 0.492 e. The van der Waals surface area contributed by atoms with Crippen molar-refractivity contribution in [3.05, 3.63) is 70.7 Å².